The van der Waals surface area contributed by atoms with Gasteiger partial charge in [0, 0.05) is 54.9 Å². The second kappa shape index (κ2) is 21.5. The zero-order chi connectivity index (χ0) is 39.0. The number of carbonyl (C=O) groups is 3. The number of amides is 3. The Morgan fingerprint density at radius 3 is 2.05 bits per heavy atom. The lowest BCUT2D eigenvalue weighted by Gasteiger charge is -2.39. The van der Waals surface area contributed by atoms with E-state index in [-0.39, 0.29) is 29.1 Å². The second-order valence-electron chi connectivity index (χ2n) is 16.1. The number of piperazine rings is 1. The highest BCUT2D eigenvalue weighted by molar-refractivity contribution is 5.98. The van der Waals surface area contributed by atoms with Crippen LogP contribution in [0.15, 0.2) is 54.6 Å². The normalized spacial score (nSPS) is 16.1. The van der Waals surface area contributed by atoms with Crippen LogP contribution in [0.25, 0.3) is 10.9 Å². The molecule has 1 N–H and O–H groups in total. The standard InChI is InChI=1S/C44H63N4O7/c1-34-31-38-32-37(15-16-39(38)48(34)23-24-52-25-26-53-27-28-54-29-30-55-33-35-11-7-5-8-12-35)42(50)46-19-21-47(22-20-46)43(51)41(36-13-9-6-10-14-36)45-40(49)17-18-44(2,3)4/h5,7-8,11-12,15-17,31-32,36,41H,6,9-10,13-14,18-30,33H2,1-4H3,(H,45,49)/t41-/m0/s1. The number of rotatable bonds is 20. The Hall–Kier alpha value is -3.77. The van der Waals surface area contributed by atoms with Crippen LogP contribution in [0.5, 0.6) is 0 Å². The van der Waals surface area contributed by atoms with Gasteiger partial charge >= 0.3 is 0 Å². The van der Waals surface area contributed by atoms with Crippen molar-refractivity contribution in [2.45, 2.75) is 85.4 Å². The average Bonchev–Trinajstić information content (AvgIpc) is 3.51. The number of carbonyl (C=O) groups excluding carboxylic acids is 3. The molecule has 1 saturated carbocycles. The molecule has 3 aromatic rings. The van der Waals surface area contributed by atoms with Crippen molar-refractivity contribution in [3.05, 3.63) is 77.8 Å². The quantitative estimate of drug-likeness (QED) is 0.137. The minimum absolute atomic E-state index is 0.000429. The summed E-state index contributed by atoms with van der Waals surface area (Å²) < 4.78 is 24.9. The fraction of sp³-hybridized carbons (Fsp3) is 0.591. The van der Waals surface area contributed by atoms with E-state index >= 15 is 0 Å². The molecule has 2 fully saturated rings. The van der Waals surface area contributed by atoms with E-state index in [1.54, 1.807) is 6.42 Å². The first-order chi connectivity index (χ1) is 26.6. The highest BCUT2D eigenvalue weighted by Gasteiger charge is 2.36. The van der Waals surface area contributed by atoms with Gasteiger partial charge in [-0.1, -0.05) is 70.4 Å². The number of aromatic nitrogens is 1. The van der Waals surface area contributed by atoms with Crippen molar-refractivity contribution in [1.82, 2.24) is 19.7 Å². The van der Waals surface area contributed by atoms with E-state index in [9.17, 15) is 14.4 Å². The number of hydrogen-bond acceptors (Lipinski definition) is 7. The molecule has 3 amide bonds. The Kier molecular flexibility index (Phi) is 16.6. The highest BCUT2D eigenvalue weighted by Crippen LogP contribution is 2.29. The van der Waals surface area contributed by atoms with Gasteiger partial charge in [0.15, 0.2) is 0 Å². The molecule has 0 spiro atoms. The monoisotopic (exact) mass is 759 g/mol. The maximum Gasteiger partial charge on any atom is 0.253 e. The first-order valence-corrected chi connectivity index (χ1v) is 20.3. The van der Waals surface area contributed by atoms with Gasteiger partial charge in [0.25, 0.3) is 5.91 Å². The Morgan fingerprint density at radius 2 is 1.40 bits per heavy atom. The third kappa shape index (κ3) is 13.4. The van der Waals surface area contributed by atoms with Crippen molar-refractivity contribution in [2.24, 2.45) is 11.3 Å². The maximum atomic E-state index is 13.9. The van der Waals surface area contributed by atoms with Crippen LogP contribution in [0.1, 0.15) is 80.9 Å². The molecule has 11 nitrogen and oxygen atoms in total. The molecule has 1 atom stereocenters. The van der Waals surface area contributed by atoms with Crippen LogP contribution in [0.2, 0.25) is 0 Å². The lowest BCUT2D eigenvalue weighted by atomic mass is 9.83. The van der Waals surface area contributed by atoms with Gasteiger partial charge in [-0.15, -0.1) is 0 Å². The maximum absolute atomic E-state index is 13.9. The molecule has 0 bridgehead atoms. The summed E-state index contributed by atoms with van der Waals surface area (Å²) in [6.45, 7) is 15.1. The third-order valence-electron chi connectivity index (χ3n) is 10.5. The van der Waals surface area contributed by atoms with Crippen LogP contribution in [-0.2, 0) is 41.7 Å². The molecule has 5 rings (SSSR count). The van der Waals surface area contributed by atoms with Gasteiger partial charge in [0.2, 0.25) is 11.8 Å². The molecular weight excluding hydrogens is 697 g/mol. The third-order valence-corrected chi connectivity index (χ3v) is 10.5. The predicted molar refractivity (Wildman–Crippen MR) is 215 cm³/mol. The van der Waals surface area contributed by atoms with E-state index in [0.717, 1.165) is 47.8 Å². The van der Waals surface area contributed by atoms with Crippen LogP contribution >= 0.6 is 0 Å². The van der Waals surface area contributed by atoms with Crippen LogP contribution in [-0.4, -0.2) is 111 Å². The molecular formula is C44H63N4O7. The number of aryl methyl sites for hydroxylation is 1. The smallest absolute Gasteiger partial charge is 0.253 e. The summed E-state index contributed by atoms with van der Waals surface area (Å²) in [6, 6.07) is 17.5. The van der Waals surface area contributed by atoms with Gasteiger partial charge in [-0.25, -0.2) is 0 Å². The Morgan fingerprint density at radius 1 is 0.782 bits per heavy atom. The van der Waals surface area contributed by atoms with E-state index in [2.05, 4.69) is 43.6 Å². The SMILES string of the molecule is Cc1cc2cc(C(=O)N3CCN(C(=O)[C@@H](NC(=O)[CH]CC(C)(C)C)C4CCCCC4)CC3)ccc2n1CCOCCOCCOCCOCc1ccccc1. The fourth-order valence-corrected chi connectivity index (χ4v) is 7.39. The Balaban J connectivity index is 1.01. The number of nitrogens with zero attached hydrogens (tertiary/aromatic N) is 3. The molecule has 1 saturated heterocycles. The van der Waals surface area contributed by atoms with E-state index < -0.39 is 6.04 Å². The van der Waals surface area contributed by atoms with E-state index in [4.69, 9.17) is 18.9 Å². The summed E-state index contributed by atoms with van der Waals surface area (Å²) in [5.74, 6) is -0.0696. The van der Waals surface area contributed by atoms with Crippen molar-refractivity contribution in [2.75, 3.05) is 72.4 Å². The largest absolute Gasteiger partial charge is 0.377 e. The van der Waals surface area contributed by atoms with Crippen molar-refractivity contribution in [3.63, 3.8) is 0 Å². The van der Waals surface area contributed by atoms with Gasteiger partial charge in [-0.05, 0) is 67.3 Å². The number of benzene rings is 2. The van der Waals surface area contributed by atoms with Gasteiger partial charge in [-0.3, -0.25) is 14.4 Å². The summed E-state index contributed by atoms with van der Waals surface area (Å²) in [6.07, 6.45) is 7.57. The molecule has 1 radical (unpaired) electrons. The van der Waals surface area contributed by atoms with Crippen molar-refractivity contribution in [3.8, 4) is 0 Å². The van der Waals surface area contributed by atoms with Crippen molar-refractivity contribution in [1.29, 1.82) is 0 Å². The van der Waals surface area contributed by atoms with Crippen LogP contribution in [0, 0.1) is 24.7 Å². The predicted octanol–water partition coefficient (Wildman–Crippen LogP) is 6.21. The van der Waals surface area contributed by atoms with Crippen LogP contribution < -0.4 is 5.32 Å². The van der Waals surface area contributed by atoms with Crippen LogP contribution in [0.4, 0.5) is 0 Å². The molecule has 55 heavy (non-hydrogen) atoms. The number of fused-ring (bicyclic) bond motifs is 1. The molecule has 2 heterocycles. The topological polar surface area (TPSA) is 112 Å². The fourth-order valence-electron chi connectivity index (χ4n) is 7.39. The van der Waals surface area contributed by atoms with E-state index in [1.165, 1.54) is 6.42 Å². The Labute approximate surface area is 328 Å². The van der Waals surface area contributed by atoms with Gasteiger partial charge in [-0.2, -0.15) is 0 Å². The van der Waals surface area contributed by atoms with Gasteiger partial charge in [0.1, 0.15) is 6.04 Å². The van der Waals surface area contributed by atoms with Crippen molar-refractivity contribution >= 4 is 28.6 Å². The summed E-state index contributed by atoms with van der Waals surface area (Å²) >= 11 is 0. The molecule has 1 aliphatic carbocycles. The molecule has 11 heteroatoms. The van der Waals surface area contributed by atoms with Crippen LogP contribution in [0.3, 0.4) is 0 Å². The summed E-state index contributed by atoms with van der Waals surface area (Å²) in [7, 11) is 0. The highest BCUT2D eigenvalue weighted by atomic mass is 16.6. The molecule has 301 valence electrons. The zero-order valence-electron chi connectivity index (χ0n) is 33.6. The number of nitrogens with one attached hydrogen (secondary N) is 1. The first kappa shape index (κ1) is 42.4. The zero-order valence-corrected chi connectivity index (χ0v) is 33.6. The molecule has 1 aromatic heterocycles. The van der Waals surface area contributed by atoms with Crippen molar-refractivity contribution < 1.29 is 33.3 Å². The Bertz CT molecular complexity index is 1640. The molecule has 0 unspecified atom stereocenters. The molecule has 2 aromatic carbocycles. The lowest BCUT2D eigenvalue weighted by molar-refractivity contribution is -0.139. The summed E-state index contributed by atoms with van der Waals surface area (Å²) in [4.78, 5) is 44.1. The van der Waals surface area contributed by atoms with Gasteiger partial charge in [0.05, 0.1) is 59.3 Å². The molecule has 2 aliphatic rings. The number of ether oxygens (including phenoxy) is 4. The second-order valence-corrected chi connectivity index (χ2v) is 16.1. The van der Waals surface area contributed by atoms with E-state index in [0.29, 0.717) is 97.6 Å². The number of hydrogen-bond donors (Lipinski definition) is 1. The average molecular weight is 760 g/mol. The minimum Gasteiger partial charge on any atom is -0.377 e. The van der Waals surface area contributed by atoms with E-state index in [1.807, 2.05) is 58.3 Å². The van der Waals surface area contributed by atoms with Gasteiger partial charge < -0.3 is 38.6 Å². The minimum atomic E-state index is -0.521. The summed E-state index contributed by atoms with van der Waals surface area (Å²) in [5.41, 5.74) is 3.96. The summed E-state index contributed by atoms with van der Waals surface area (Å²) in [5, 5.41) is 4.10. The first-order valence-electron chi connectivity index (χ1n) is 20.3. The lowest BCUT2D eigenvalue weighted by Crippen LogP contribution is -2.58. The molecule has 1 aliphatic heterocycles.